The van der Waals surface area contributed by atoms with Crippen molar-refractivity contribution in [3.8, 4) is 0 Å². The summed E-state index contributed by atoms with van der Waals surface area (Å²) in [7, 11) is 0. The molecule has 2 rings (SSSR count). The van der Waals surface area contributed by atoms with Gasteiger partial charge in [-0.15, -0.1) is 0 Å². The molecule has 1 aromatic rings. The topological polar surface area (TPSA) is 49.3 Å². The van der Waals surface area contributed by atoms with E-state index in [9.17, 15) is 4.79 Å². The molecule has 15 heavy (non-hydrogen) atoms. The molecule has 0 heterocycles. The van der Waals surface area contributed by atoms with Gasteiger partial charge in [-0.1, -0.05) is 18.2 Å². The van der Waals surface area contributed by atoms with Gasteiger partial charge in [0.25, 0.3) is 0 Å². The van der Waals surface area contributed by atoms with Crippen LogP contribution in [0.15, 0.2) is 30.3 Å². The minimum absolute atomic E-state index is 0.161. The summed E-state index contributed by atoms with van der Waals surface area (Å²) < 4.78 is 0. The summed E-state index contributed by atoms with van der Waals surface area (Å²) in [5.74, 6) is -0.821. The van der Waals surface area contributed by atoms with Crippen molar-refractivity contribution in [1.29, 1.82) is 0 Å². The zero-order chi connectivity index (χ0) is 10.7. The fourth-order valence-corrected chi connectivity index (χ4v) is 2.11. The van der Waals surface area contributed by atoms with Crippen molar-refractivity contribution >= 4 is 11.7 Å². The molecule has 0 aliphatic heterocycles. The van der Waals surface area contributed by atoms with Crippen molar-refractivity contribution in [3.63, 3.8) is 0 Å². The number of carboxylic acid groups (broad SMARTS) is 1. The highest BCUT2D eigenvalue weighted by molar-refractivity contribution is 5.70. The van der Waals surface area contributed by atoms with E-state index >= 15 is 0 Å². The Bertz CT molecular complexity index is 337. The second-order valence-corrected chi connectivity index (χ2v) is 4.06. The van der Waals surface area contributed by atoms with Crippen molar-refractivity contribution in [1.82, 2.24) is 0 Å². The number of para-hydroxylation sites is 1. The van der Waals surface area contributed by atoms with Gasteiger partial charge in [-0.25, -0.2) is 0 Å². The molecule has 3 nitrogen and oxygen atoms in total. The molecule has 1 saturated carbocycles. The molecule has 0 unspecified atom stereocenters. The first-order chi connectivity index (χ1) is 7.25. The molecular weight excluding hydrogens is 190 g/mol. The third-order valence-corrected chi connectivity index (χ3v) is 2.93. The van der Waals surface area contributed by atoms with E-state index < -0.39 is 5.97 Å². The number of aliphatic carboxylic acids is 1. The summed E-state index contributed by atoms with van der Waals surface area (Å²) in [4.78, 5) is 10.8. The molecular formula is C12H15NO2. The molecule has 2 atom stereocenters. The maximum absolute atomic E-state index is 10.8. The lowest BCUT2D eigenvalue weighted by Crippen LogP contribution is -2.17. The lowest BCUT2D eigenvalue weighted by molar-refractivity contribution is -0.141. The molecule has 0 bridgehead atoms. The van der Waals surface area contributed by atoms with E-state index in [-0.39, 0.29) is 5.92 Å². The number of nitrogens with one attached hydrogen (secondary N) is 1. The van der Waals surface area contributed by atoms with Crippen LogP contribution in [0.4, 0.5) is 5.69 Å². The summed E-state index contributed by atoms with van der Waals surface area (Å²) >= 11 is 0. The van der Waals surface area contributed by atoms with E-state index in [1.807, 2.05) is 30.3 Å². The number of carboxylic acids is 1. The zero-order valence-electron chi connectivity index (χ0n) is 8.52. The van der Waals surface area contributed by atoms with Crippen LogP contribution < -0.4 is 5.32 Å². The van der Waals surface area contributed by atoms with E-state index in [2.05, 4.69) is 5.32 Å². The van der Waals surface area contributed by atoms with Gasteiger partial charge in [-0.3, -0.25) is 4.79 Å². The van der Waals surface area contributed by atoms with Crippen molar-refractivity contribution in [3.05, 3.63) is 30.3 Å². The molecule has 0 spiro atoms. The quantitative estimate of drug-likeness (QED) is 0.796. The second-order valence-electron chi connectivity index (χ2n) is 4.06. The lowest BCUT2D eigenvalue weighted by Gasteiger charge is -2.13. The first-order valence-corrected chi connectivity index (χ1v) is 5.30. The van der Waals surface area contributed by atoms with Crippen LogP contribution in [0.5, 0.6) is 0 Å². The van der Waals surface area contributed by atoms with E-state index in [1.54, 1.807) is 0 Å². The van der Waals surface area contributed by atoms with Gasteiger partial charge in [0.2, 0.25) is 0 Å². The molecule has 1 aliphatic rings. The summed E-state index contributed by atoms with van der Waals surface area (Å²) in [5, 5.41) is 12.2. The number of benzene rings is 1. The van der Waals surface area contributed by atoms with Crippen LogP contribution in [0, 0.1) is 5.92 Å². The van der Waals surface area contributed by atoms with Gasteiger partial charge in [-0.05, 0) is 31.4 Å². The first-order valence-electron chi connectivity index (χ1n) is 5.30. The highest BCUT2D eigenvalue weighted by atomic mass is 16.4. The third kappa shape index (κ3) is 2.49. The molecule has 0 radical (unpaired) electrons. The van der Waals surface area contributed by atoms with E-state index in [0.29, 0.717) is 6.04 Å². The molecule has 0 saturated heterocycles. The lowest BCUT2D eigenvalue weighted by atomic mass is 10.1. The number of hydrogen-bond donors (Lipinski definition) is 2. The fourth-order valence-electron chi connectivity index (χ4n) is 2.11. The Kier molecular flexibility index (Phi) is 2.90. The zero-order valence-corrected chi connectivity index (χ0v) is 8.52. The van der Waals surface area contributed by atoms with Crippen molar-refractivity contribution in [2.24, 2.45) is 5.92 Å². The minimum atomic E-state index is -0.660. The van der Waals surface area contributed by atoms with Crippen LogP contribution in [-0.4, -0.2) is 17.1 Å². The number of carbonyl (C=O) groups is 1. The predicted molar refractivity (Wildman–Crippen MR) is 58.8 cm³/mol. The van der Waals surface area contributed by atoms with Gasteiger partial charge in [0.1, 0.15) is 0 Å². The number of anilines is 1. The largest absolute Gasteiger partial charge is 0.481 e. The molecule has 1 fully saturated rings. The SMILES string of the molecule is O=C(O)[C@H]1CC[C@H](Nc2ccccc2)C1. The monoisotopic (exact) mass is 205 g/mol. The Labute approximate surface area is 89.1 Å². The second kappa shape index (κ2) is 4.34. The minimum Gasteiger partial charge on any atom is -0.481 e. The Hall–Kier alpha value is -1.51. The molecule has 0 aromatic heterocycles. The van der Waals surface area contributed by atoms with Gasteiger partial charge < -0.3 is 10.4 Å². The first kappa shape index (κ1) is 10.0. The smallest absolute Gasteiger partial charge is 0.306 e. The fraction of sp³-hybridized carbons (Fsp3) is 0.417. The van der Waals surface area contributed by atoms with Gasteiger partial charge in [0.05, 0.1) is 5.92 Å². The molecule has 3 heteroatoms. The standard InChI is InChI=1S/C12H15NO2/c14-12(15)9-6-7-11(8-9)13-10-4-2-1-3-5-10/h1-5,9,11,13H,6-8H2,(H,14,15)/t9-,11-/m0/s1. The highest BCUT2D eigenvalue weighted by Gasteiger charge is 2.29. The molecule has 1 aliphatic carbocycles. The molecule has 0 amide bonds. The van der Waals surface area contributed by atoms with E-state index in [1.165, 1.54) is 0 Å². The van der Waals surface area contributed by atoms with Crippen LogP contribution in [0.1, 0.15) is 19.3 Å². The van der Waals surface area contributed by atoms with Crippen LogP contribution in [0.25, 0.3) is 0 Å². The predicted octanol–water partition coefficient (Wildman–Crippen LogP) is 2.35. The number of rotatable bonds is 3. The van der Waals surface area contributed by atoms with Crippen LogP contribution >= 0.6 is 0 Å². The summed E-state index contributed by atoms with van der Waals surface area (Å²) in [5.41, 5.74) is 1.08. The normalized spacial score (nSPS) is 25.1. The van der Waals surface area contributed by atoms with Gasteiger partial charge in [-0.2, -0.15) is 0 Å². The molecule has 2 N–H and O–H groups in total. The summed E-state index contributed by atoms with van der Waals surface area (Å²) in [6, 6.07) is 10.3. The van der Waals surface area contributed by atoms with Crippen LogP contribution in [0.3, 0.4) is 0 Å². The van der Waals surface area contributed by atoms with E-state index in [4.69, 9.17) is 5.11 Å². The van der Waals surface area contributed by atoms with Crippen LogP contribution in [-0.2, 0) is 4.79 Å². The van der Waals surface area contributed by atoms with Gasteiger partial charge in [0, 0.05) is 11.7 Å². The summed E-state index contributed by atoms with van der Waals surface area (Å²) in [6.07, 6.45) is 2.48. The Morgan fingerprint density at radius 3 is 2.60 bits per heavy atom. The molecule has 80 valence electrons. The van der Waals surface area contributed by atoms with Gasteiger partial charge >= 0.3 is 5.97 Å². The average Bonchev–Trinajstić information content (AvgIpc) is 2.68. The van der Waals surface area contributed by atoms with Crippen LogP contribution in [0.2, 0.25) is 0 Å². The third-order valence-electron chi connectivity index (χ3n) is 2.93. The van der Waals surface area contributed by atoms with E-state index in [0.717, 1.165) is 24.9 Å². The van der Waals surface area contributed by atoms with Crippen molar-refractivity contribution in [2.75, 3.05) is 5.32 Å². The highest BCUT2D eigenvalue weighted by Crippen LogP contribution is 2.28. The Balaban J connectivity index is 1.90. The Morgan fingerprint density at radius 1 is 1.27 bits per heavy atom. The maximum atomic E-state index is 10.8. The average molecular weight is 205 g/mol. The van der Waals surface area contributed by atoms with Gasteiger partial charge in [0.15, 0.2) is 0 Å². The van der Waals surface area contributed by atoms with Crippen molar-refractivity contribution < 1.29 is 9.90 Å². The Morgan fingerprint density at radius 2 is 2.00 bits per heavy atom. The molecule has 1 aromatic carbocycles. The summed E-state index contributed by atoms with van der Waals surface area (Å²) in [6.45, 7) is 0. The maximum Gasteiger partial charge on any atom is 0.306 e. The van der Waals surface area contributed by atoms with Crippen molar-refractivity contribution in [2.45, 2.75) is 25.3 Å². The number of hydrogen-bond acceptors (Lipinski definition) is 2.